The molecule has 102 valence electrons. The molecule has 1 heterocycles. The van der Waals surface area contributed by atoms with Crippen LogP contribution in [0.15, 0.2) is 30.6 Å². The predicted octanol–water partition coefficient (Wildman–Crippen LogP) is 3.11. The van der Waals surface area contributed by atoms with Crippen molar-refractivity contribution in [3.8, 4) is 0 Å². The highest BCUT2D eigenvalue weighted by Crippen LogP contribution is 2.22. The highest BCUT2D eigenvalue weighted by atomic mass is 35.5. The van der Waals surface area contributed by atoms with E-state index in [-0.39, 0.29) is 11.9 Å². The lowest BCUT2D eigenvalue weighted by Crippen LogP contribution is -2.23. The second-order valence-electron chi connectivity index (χ2n) is 4.50. The summed E-state index contributed by atoms with van der Waals surface area (Å²) in [6.07, 6.45) is 4.32. The standard InChI is InChI=1S/C14H17ClFN3/c1-3-17-14(11-8-18-19(2)9-11)6-10-4-5-12(15)7-13(10)16/h4-5,7-9,14,17H,3,6H2,1-2H3. The van der Waals surface area contributed by atoms with Gasteiger partial charge in [-0.15, -0.1) is 0 Å². The van der Waals surface area contributed by atoms with Crippen LogP contribution >= 0.6 is 11.6 Å². The van der Waals surface area contributed by atoms with Crippen LogP contribution in [0.25, 0.3) is 0 Å². The Hall–Kier alpha value is -1.39. The number of aromatic nitrogens is 2. The Morgan fingerprint density at radius 2 is 2.26 bits per heavy atom. The molecule has 0 aliphatic rings. The fraction of sp³-hybridized carbons (Fsp3) is 0.357. The van der Waals surface area contributed by atoms with Crippen LogP contribution in [0.2, 0.25) is 5.02 Å². The molecule has 0 saturated carbocycles. The third-order valence-electron chi connectivity index (χ3n) is 3.02. The molecule has 5 heteroatoms. The average molecular weight is 282 g/mol. The molecular formula is C14H17ClFN3. The Kier molecular flexibility index (Phi) is 4.56. The maximum absolute atomic E-state index is 13.8. The first-order valence-corrected chi connectivity index (χ1v) is 6.63. The number of nitrogens with one attached hydrogen (secondary N) is 1. The van der Waals surface area contributed by atoms with E-state index in [0.29, 0.717) is 17.0 Å². The van der Waals surface area contributed by atoms with Crippen molar-refractivity contribution in [2.75, 3.05) is 6.54 Å². The van der Waals surface area contributed by atoms with Gasteiger partial charge >= 0.3 is 0 Å². The monoisotopic (exact) mass is 281 g/mol. The minimum atomic E-state index is -0.265. The van der Waals surface area contributed by atoms with E-state index in [2.05, 4.69) is 10.4 Å². The zero-order valence-corrected chi connectivity index (χ0v) is 11.8. The zero-order chi connectivity index (χ0) is 13.8. The highest BCUT2D eigenvalue weighted by Gasteiger charge is 2.15. The largest absolute Gasteiger partial charge is 0.310 e. The van der Waals surface area contributed by atoms with Crippen molar-refractivity contribution in [2.45, 2.75) is 19.4 Å². The number of halogens is 2. The maximum atomic E-state index is 13.8. The Morgan fingerprint density at radius 1 is 1.47 bits per heavy atom. The lowest BCUT2D eigenvalue weighted by atomic mass is 10.0. The van der Waals surface area contributed by atoms with Gasteiger partial charge < -0.3 is 5.32 Å². The molecule has 0 spiro atoms. The van der Waals surface area contributed by atoms with Gasteiger partial charge in [0, 0.05) is 29.9 Å². The lowest BCUT2D eigenvalue weighted by Gasteiger charge is -2.17. The molecule has 1 atom stereocenters. The van der Waals surface area contributed by atoms with E-state index in [1.54, 1.807) is 23.0 Å². The summed E-state index contributed by atoms with van der Waals surface area (Å²) in [7, 11) is 1.87. The first-order chi connectivity index (χ1) is 9.10. The molecule has 0 aliphatic carbocycles. The SMILES string of the molecule is CCNC(Cc1ccc(Cl)cc1F)c1cnn(C)c1. The molecular weight excluding hydrogens is 265 g/mol. The van der Waals surface area contributed by atoms with Crippen LogP contribution in [0.4, 0.5) is 4.39 Å². The van der Waals surface area contributed by atoms with E-state index in [0.717, 1.165) is 12.1 Å². The third kappa shape index (κ3) is 3.55. The fourth-order valence-electron chi connectivity index (χ4n) is 2.08. The van der Waals surface area contributed by atoms with E-state index in [4.69, 9.17) is 11.6 Å². The molecule has 1 N–H and O–H groups in total. The average Bonchev–Trinajstić information content (AvgIpc) is 2.78. The molecule has 0 amide bonds. The van der Waals surface area contributed by atoms with Crippen molar-refractivity contribution in [3.05, 3.63) is 52.6 Å². The Morgan fingerprint density at radius 3 is 2.84 bits per heavy atom. The fourth-order valence-corrected chi connectivity index (χ4v) is 2.24. The molecule has 0 aliphatic heterocycles. The number of benzene rings is 1. The van der Waals surface area contributed by atoms with Crippen LogP contribution in [0.3, 0.4) is 0 Å². The summed E-state index contributed by atoms with van der Waals surface area (Å²) in [6.45, 7) is 2.84. The molecule has 0 radical (unpaired) electrons. The summed E-state index contributed by atoms with van der Waals surface area (Å²) in [5.74, 6) is -0.265. The Bertz CT molecular complexity index is 553. The van der Waals surface area contributed by atoms with Gasteiger partial charge in [-0.05, 0) is 30.7 Å². The van der Waals surface area contributed by atoms with Crippen molar-refractivity contribution < 1.29 is 4.39 Å². The van der Waals surface area contributed by atoms with Crippen molar-refractivity contribution in [1.29, 1.82) is 0 Å². The van der Waals surface area contributed by atoms with Crippen LogP contribution in [-0.2, 0) is 13.5 Å². The minimum Gasteiger partial charge on any atom is -0.310 e. The van der Waals surface area contributed by atoms with Crippen molar-refractivity contribution >= 4 is 11.6 Å². The summed E-state index contributed by atoms with van der Waals surface area (Å²) in [6, 6.07) is 4.85. The van der Waals surface area contributed by atoms with Gasteiger partial charge in [-0.25, -0.2) is 4.39 Å². The Balaban J connectivity index is 2.21. The van der Waals surface area contributed by atoms with Gasteiger partial charge in [0.1, 0.15) is 5.82 Å². The number of likely N-dealkylation sites (N-methyl/N-ethyl adjacent to an activating group) is 1. The smallest absolute Gasteiger partial charge is 0.127 e. The summed E-state index contributed by atoms with van der Waals surface area (Å²) >= 11 is 5.77. The second-order valence-corrected chi connectivity index (χ2v) is 4.93. The van der Waals surface area contributed by atoms with Gasteiger partial charge in [0.05, 0.1) is 6.20 Å². The lowest BCUT2D eigenvalue weighted by molar-refractivity contribution is 0.527. The van der Waals surface area contributed by atoms with E-state index in [1.165, 1.54) is 6.07 Å². The van der Waals surface area contributed by atoms with Gasteiger partial charge in [-0.1, -0.05) is 24.6 Å². The molecule has 1 unspecified atom stereocenters. The molecule has 0 bridgehead atoms. The van der Waals surface area contributed by atoms with Crippen molar-refractivity contribution in [2.24, 2.45) is 7.05 Å². The zero-order valence-electron chi connectivity index (χ0n) is 11.0. The Labute approximate surface area is 117 Å². The number of aryl methyl sites for hydroxylation is 1. The molecule has 2 rings (SSSR count). The van der Waals surface area contributed by atoms with Crippen LogP contribution in [0, 0.1) is 5.82 Å². The van der Waals surface area contributed by atoms with Gasteiger partial charge in [-0.2, -0.15) is 5.10 Å². The number of hydrogen-bond acceptors (Lipinski definition) is 2. The molecule has 1 aromatic carbocycles. The van der Waals surface area contributed by atoms with E-state index < -0.39 is 0 Å². The first kappa shape index (κ1) is 14.0. The highest BCUT2D eigenvalue weighted by molar-refractivity contribution is 6.30. The summed E-state index contributed by atoms with van der Waals surface area (Å²) in [4.78, 5) is 0. The van der Waals surface area contributed by atoms with Crippen LogP contribution in [0.1, 0.15) is 24.1 Å². The first-order valence-electron chi connectivity index (χ1n) is 6.26. The van der Waals surface area contributed by atoms with Crippen molar-refractivity contribution in [1.82, 2.24) is 15.1 Å². The molecule has 1 aromatic heterocycles. The minimum absolute atomic E-state index is 0.0503. The van der Waals surface area contributed by atoms with Gasteiger partial charge in [0.2, 0.25) is 0 Å². The molecule has 0 fully saturated rings. The topological polar surface area (TPSA) is 29.9 Å². The van der Waals surface area contributed by atoms with E-state index >= 15 is 0 Å². The summed E-state index contributed by atoms with van der Waals surface area (Å²) in [5, 5.41) is 7.93. The summed E-state index contributed by atoms with van der Waals surface area (Å²) < 4.78 is 15.6. The molecule has 19 heavy (non-hydrogen) atoms. The number of rotatable bonds is 5. The van der Waals surface area contributed by atoms with Gasteiger partial charge in [-0.3, -0.25) is 4.68 Å². The van der Waals surface area contributed by atoms with Gasteiger partial charge in [0.15, 0.2) is 0 Å². The number of hydrogen-bond donors (Lipinski definition) is 1. The van der Waals surface area contributed by atoms with Crippen LogP contribution in [-0.4, -0.2) is 16.3 Å². The van der Waals surface area contributed by atoms with E-state index in [9.17, 15) is 4.39 Å². The molecule has 3 nitrogen and oxygen atoms in total. The van der Waals surface area contributed by atoms with Gasteiger partial charge in [0.25, 0.3) is 0 Å². The quantitative estimate of drug-likeness (QED) is 0.913. The van der Waals surface area contributed by atoms with Crippen LogP contribution < -0.4 is 5.32 Å². The predicted molar refractivity (Wildman–Crippen MR) is 74.7 cm³/mol. The van der Waals surface area contributed by atoms with Crippen molar-refractivity contribution in [3.63, 3.8) is 0 Å². The maximum Gasteiger partial charge on any atom is 0.127 e. The third-order valence-corrected chi connectivity index (χ3v) is 3.25. The summed E-state index contributed by atoms with van der Waals surface area (Å²) in [5.41, 5.74) is 1.71. The second kappa shape index (κ2) is 6.17. The number of nitrogens with zero attached hydrogens (tertiary/aromatic N) is 2. The molecule has 2 aromatic rings. The van der Waals surface area contributed by atoms with E-state index in [1.807, 2.05) is 20.2 Å². The van der Waals surface area contributed by atoms with Crippen LogP contribution in [0.5, 0.6) is 0 Å². The molecule has 0 saturated heterocycles. The normalized spacial score (nSPS) is 12.6.